The molecule has 406 valence electrons. The highest BCUT2D eigenvalue weighted by Gasteiger charge is 2.50. The van der Waals surface area contributed by atoms with E-state index in [1.165, 1.54) is 47.4 Å². The predicted molar refractivity (Wildman–Crippen MR) is 290 cm³/mol. The van der Waals surface area contributed by atoms with E-state index in [1.807, 2.05) is 9.62 Å². The lowest BCUT2D eigenvalue weighted by atomic mass is 9.59. The number of sulfonamides is 1. The minimum Gasteiger partial charge on any atom is -0.496 e. The number of rotatable bonds is 17. The average molecular weight is 1070 g/mol. The number of nitro benzene ring substituents is 1. The zero-order valence-corrected chi connectivity index (χ0v) is 44.6. The summed E-state index contributed by atoms with van der Waals surface area (Å²) in [5, 5.41) is 15.6. The number of halogens is 2. The van der Waals surface area contributed by atoms with Gasteiger partial charge < -0.3 is 29.4 Å². The monoisotopic (exact) mass is 1070 g/mol. The number of alkyl halides is 1. The van der Waals surface area contributed by atoms with E-state index in [9.17, 15) is 23.3 Å². The summed E-state index contributed by atoms with van der Waals surface area (Å²) in [7, 11) is -3.02. The second kappa shape index (κ2) is 21.3. The summed E-state index contributed by atoms with van der Waals surface area (Å²) in [5.74, 6) is 0.125. The van der Waals surface area contributed by atoms with Gasteiger partial charge in [-0.25, -0.2) is 26.9 Å². The summed E-state index contributed by atoms with van der Waals surface area (Å²) in [6, 6.07) is 25.2. The number of aromatic nitrogens is 2. The molecule has 5 aliphatic rings. The Morgan fingerprint density at radius 2 is 1.73 bits per heavy atom. The number of methoxy groups -OCH3 is 1. The molecule has 3 aliphatic heterocycles. The Hall–Kier alpha value is -6.67. The second-order valence-corrected chi connectivity index (χ2v) is 23.8. The number of benzene rings is 4. The molecule has 3 N–H and O–H groups in total. The van der Waals surface area contributed by atoms with Crippen LogP contribution < -0.4 is 24.4 Å². The highest BCUT2D eigenvalue weighted by atomic mass is 32.2. The largest absolute Gasteiger partial charge is 0.496 e. The van der Waals surface area contributed by atoms with Gasteiger partial charge in [-0.1, -0.05) is 50.2 Å². The van der Waals surface area contributed by atoms with Crippen molar-refractivity contribution < 1.29 is 41.1 Å². The lowest BCUT2D eigenvalue weighted by Gasteiger charge is -2.58. The minimum absolute atomic E-state index is 0.0888. The molecule has 11 rings (SSSR count). The number of carbonyl (C=O) groups is 1. The van der Waals surface area contributed by atoms with E-state index in [-0.39, 0.29) is 66.9 Å². The molecule has 16 nitrogen and oxygen atoms in total. The summed E-state index contributed by atoms with van der Waals surface area (Å²) in [4.78, 5) is 39.6. The van der Waals surface area contributed by atoms with Crippen LogP contribution in [0.4, 0.5) is 25.8 Å². The van der Waals surface area contributed by atoms with Crippen LogP contribution in [0.5, 0.6) is 17.2 Å². The molecular weight excluding hydrogens is 1010 g/mol. The van der Waals surface area contributed by atoms with Gasteiger partial charge in [0.15, 0.2) is 0 Å². The Labute approximate surface area is 447 Å². The van der Waals surface area contributed by atoms with Gasteiger partial charge >= 0.3 is 0 Å². The summed E-state index contributed by atoms with van der Waals surface area (Å²) >= 11 is 0. The Morgan fingerprint density at radius 3 is 2.47 bits per heavy atom. The first-order chi connectivity index (χ1) is 37.1. The maximum atomic E-state index is 16.6. The van der Waals surface area contributed by atoms with Crippen molar-refractivity contribution in [2.24, 2.45) is 5.41 Å². The van der Waals surface area contributed by atoms with E-state index in [2.05, 4.69) is 81.4 Å². The summed E-state index contributed by atoms with van der Waals surface area (Å²) < 4.78 is 78.9. The number of hydrogen-bond acceptors (Lipinski definition) is 13. The number of hydrogen-bond donors (Lipinski definition) is 3. The van der Waals surface area contributed by atoms with Crippen LogP contribution in [0.2, 0.25) is 0 Å². The molecule has 1 atom stereocenters. The number of nitrogens with zero attached hydrogens (tertiary/aromatic N) is 5. The van der Waals surface area contributed by atoms with Crippen molar-refractivity contribution in [3.05, 3.63) is 141 Å². The zero-order valence-electron chi connectivity index (χ0n) is 43.7. The molecule has 2 saturated carbocycles. The van der Waals surface area contributed by atoms with Crippen LogP contribution in [0, 0.1) is 21.3 Å². The first-order valence-corrected chi connectivity index (χ1v) is 28.3. The van der Waals surface area contributed by atoms with E-state index < -0.39 is 48.5 Å². The number of piperidine rings is 1. The number of carbonyl (C=O) groups excluding carboxylic acids is 1. The molecule has 6 aromatic rings. The highest BCUT2D eigenvalue weighted by molar-refractivity contribution is 7.90. The Bertz CT molecular complexity index is 3290. The average Bonchev–Trinajstić information content (AvgIpc) is 4.26. The maximum absolute atomic E-state index is 16.6. The molecular formula is C58H66F2N8O8S. The molecule has 0 unspecified atom stereocenters. The fraction of sp³-hybridized carbons (Fsp3) is 0.448. The summed E-state index contributed by atoms with van der Waals surface area (Å²) in [5.41, 5.74) is 3.42. The standard InChI is InChI=1S/C58H66F2N8O8S/c1-37(2)44-6-4-5-7-46(44)52-35-65(34-38-8-12-45(39-9-10-39)53(26-38)74-3)22-23-67(52)41-31-57(32-41)15-20-66(21-16-57)50-30-54(76-42-27-40-14-19-61-55(40)62-33-42)47(29-48(50)59)56(69)64-77(72,73)43-11-13-49(51(28-43)68(70)71)63-36-58(60)17-24-75-25-18-58/h4-8,11-14,19,26-30,33,37,39,41,52,63H,9-10,15-18,20-25,31-32,34-36H2,1-3H3,(H,61,62)(H,64,69)/t52-/m0/s1. The number of ether oxygens (including phenoxy) is 3. The molecule has 4 aromatic carbocycles. The third-order valence-electron chi connectivity index (χ3n) is 16.8. The number of anilines is 2. The van der Waals surface area contributed by atoms with Gasteiger partial charge in [0.1, 0.15) is 40.1 Å². The van der Waals surface area contributed by atoms with Crippen molar-refractivity contribution in [1.82, 2.24) is 24.5 Å². The number of nitrogens with one attached hydrogen (secondary N) is 3. The molecule has 1 spiro atoms. The molecule has 77 heavy (non-hydrogen) atoms. The molecule has 1 amide bonds. The molecule has 0 bridgehead atoms. The fourth-order valence-corrected chi connectivity index (χ4v) is 13.2. The predicted octanol–water partition coefficient (Wildman–Crippen LogP) is 10.8. The Balaban J connectivity index is 0.795. The second-order valence-electron chi connectivity index (χ2n) is 22.1. The van der Waals surface area contributed by atoms with Crippen molar-refractivity contribution in [2.45, 2.75) is 106 Å². The van der Waals surface area contributed by atoms with Crippen LogP contribution in [-0.4, -0.2) is 110 Å². The van der Waals surface area contributed by atoms with Gasteiger partial charge in [0, 0.05) is 108 Å². The van der Waals surface area contributed by atoms with Gasteiger partial charge in [-0.15, -0.1) is 0 Å². The van der Waals surface area contributed by atoms with E-state index in [4.69, 9.17) is 14.2 Å². The number of aromatic amines is 1. The van der Waals surface area contributed by atoms with E-state index in [0.29, 0.717) is 42.0 Å². The number of piperazine rings is 1. The number of H-pyrrole nitrogens is 1. The lowest BCUT2D eigenvalue weighted by Crippen LogP contribution is -2.60. The normalized spacial score (nSPS) is 20.0. The number of pyridine rings is 1. The molecule has 5 fully saturated rings. The van der Waals surface area contributed by atoms with Crippen LogP contribution in [0.15, 0.2) is 102 Å². The molecule has 5 heterocycles. The number of nitro groups is 1. The molecule has 2 aromatic heterocycles. The van der Waals surface area contributed by atoms with Gasteiger partial charge in [0.05, 0.1) is 34.4 Å². The minimum atomic E-state index is -4.79. The van der Waals surface area contributed by atoms with Crippen molar-refractivity contribution in [3.8, 4) is 17.2 Å². The summed E-state index contributed by atoms with van der Waals surface area (Å²) in [6.07, 6.45) is 9.55. The topological polar surface area (TPSA) is 184 Å². The van der Waals surface area contributed by atoms with E-state index in [0.717, 1.165) is 81.9 Å². The molecule has 0 radical (unpaired) electrons. The number of fused-ring (bicyclic) bond motifs is 1. The van der Waals surface area contributed by atoms with E-state index >= 15 is 8.78 Å². The lowest BCUT2D eigenvalue weighted by molar-refractivity contribution is -0.384. The zero-order chi connectivity index (χ0) is 53.6. The van der Waals surface area contributed by atoms with Crippen molar-refractivity contribution in [3.63, 3.8) is 0 Å². The van der Waals surface area contributed by atoms with Gasteiger partial charge in [-0.3, -0.25) is 24.7 Å². The third-order valence-corrected chi connectivity index (χ3v) is 18.1. The van der Waals surface area contributed by atoms with E-state index in [1.54, 1.807) is 25.4 Å². The van der Waals surface area contributed by atoms with Crippen LogP contribution in [0.25, 0.3) is 11.0 Å². The smallest absolute Gasteiger partial charge is 0.293 e. The number of amides is 1. The fourth-order valence-electron chi connectivity index (χ4n) is 12.2. The van der Waals surface area contributed by atoms with Crippen LogP contribution in [0.1, 0.15) is 116 Å². The first-order valence-electron chi connectivity index (χ1n) is 26.9. The van der Waals surface area contributed by atoms with Gasteiger partial charge in [0.2, 0.25) is 0 Å². The quantitative estimate of drug-likeness (QED) is 0.0580. The highest BCUT2D eigenvalue weighted by Crippen LogP contribution is 2.54. The SMILES string of the molecule is COc1cc(CN2CCN(C3CC4(CCN(c5cc(Oc6cnc7[nH]ccc7c6)c(C(=O)NS(=O)(=O)c6ccc(NCC7(F)CCOCC7)c([N+](=O)[O-])c6)cc5F)CC4)C3)[C@H](c3ccccc3C(C)C)C2)ccc1C1CC1. The first kappa shape index (κ1) is 52.4. The van der Waals surface area contributed by atoms with Gasteiger partial charge in [-0.2, -0.15) is 0 Å². The molecule has 2 aliphatic carbocycles. The summed E-state index contributed by atoms with van der Waals surface area (Å²) in [6.45, 7) is 9.49. The maximum Gasteiger partial charge on any atom is 0.293 e. The third kappa shape index (κ3) is 11.1. The molecule has 19 heteroatoms. The Morgan fingerprint density at radius 1 is 0.948 bits per heavy atom. The van der Waals surface area contributed by atoms with Gasteiger partial charge in [-0.05, 0) is 114 Å². The molecule has 3 saturated heterocycles. The van der Waals surface area contributed by atoms with Crippen molar-refractivity contribution in [2.75, 3.05) is 69.8 Å². The van der Waals surface area contributed by atoms with Gasteiger partial charge in [0.25, 0.3) is 21.6 Å². The van der Waals surface area contributed by atoms with Crippen LogP contribution in [-0.2, 0) is 21.3 Å². The van der Waals surface area contributed by atoms with Crippen molar-refractivity contribution in [1.29, 1.82) is 0 Å². The Kier molecular flexibility index (Phi) is 14.5. The van der Waals surface area contributed by atoms with Crippen molar-refractivity contribution >= 4 is 44.0 Å². The van der Waals surface area contributed by atoms with Crippen LogP contribution in [0.3, 0.4) is 0 Å². The van der Waals surface area contributed by atoms with Crippen LogP contribution >= 0.6 is 0 Å².